The molecular weight excluding hydrogens is 280 g/mol. The minimum atomic E-state index is -0.164. The maximum Gasteiger partial charge on any atom is 0.263 e. The van der Waals surface area contributed by atoms with Gasteiger partial charge in [-0.15, -0.1) is 0 Å². The molecule has 1 aliphatic rings. The van der Waals surface area contributed by atoms with E-state index in [1.54, 1.807) is 17.1 Å². The summed E-state index contributed by atoms with van der Waals surface area (Å²) in [6.07, 6.45) is 4.89. The van der Waals surface area contributed by atoms with Crippen LogP contribution in [-0.4, -0.2) is 25.0 Å². The molecule has 0 radical (unpaired) electrons. The normalized spacial score (nSPS) is 16.9. The number of carbonyl (C=O) groups excluding carboxylic acids is 1. The van der Waals surface area contributed by atoms with Crippen molar-refractivity contribution in [2.24, 2.45) is 0 Å². The van der Waals surface area contributed by atoms with E-state index in [0.717, 1.165) is 11.3 Å². The average Bonchev–Trinajstić information content (AvgIpc) is 3.01. The Labute approximate surface area is 118 Å². The highest BCUT2D eigenvalue weighted by molar-refractivity contribution is 8.26. The molecule has 0 spiro atoms. The Morgan fingerprint density at radius 2 is 2.21 bits per heavy atom. The Hall–Kier alpha value is -1.99. The molecule has 1 saturated heterocycles. The van der Waals surface area contributed by atoms with Crippen LogP contribution in [0.5, 0.6) is 0 Å². The lowest BCUT2D eigenvalue weighted by Gasteiger charge is -2.05. The second-order valence-corrected chi connectivity index (χ2v) is 5.47. The SMILES string of the molecule is O=C1NC(=S)S/C1=C\c1ccccc1-n1cncn1. The van der Waals surface area contributed by atoms with Gasteiger partial charge in [-0.25, -0.2) is 9.67 Å². The van der Waals surface area contributed by atoms with E-state index in [9.17, 15) is 4.79 Å². The molecule has 0 bridgehead atoms. The van der Waals surface area contributed by atoms with Crippen molar-refractivity contribution in [2.75, 3.05) is 0 Å². The van der Waals surface area contributed by atoms with Gasteiger partial charge < -0.3 is 5.32 Å². The highest BCUT2D eigenvalue weighted by Crippen LogP contribution is 2.27. The second kappa shape index (κ2) is 4.94. The van der Waals surface area contributed by atoms with Crippen LogP contribution in [0.1, 0.15) is 5.56 Å². The smallest absolute Gasteiger partial charge is 0.263 e. The Morgan fingerprint density at radius 1 is 1.37 bits per heavy atom. The summed E-state index contributed by atoms with van der Waals surface area (Å²) < 4.78 is 2.14. The van der Waals surface area contributed by atoms with E-state index in [1.165, 1.54) is 18.1 Å². The summed E-state index contributed by atoms with van der Waals surface area (Å²) in [5.74, 6) is -0.164. The Kier molecular flexibility index (Phi) is 3.14. The molecule has 1 fully saturated rings. The first kappa shape index (κ1) is 12.1. The van der Waals surface area contributed by atoms with Crippen LogP contribution >= 0.6 is 24.0 Å². The molecule has 2 heterocycles. The molecule has 1 aromatic carbocycles. The fraction of sp³-hybridized carbons (Fsp3) is 0. The second-order valence-electron chi connectivity index (χ2n) is 3.75. The predicted octanol–water partition coefficient (Wildman–Crippen LogP) is 1.76. The van der Waals surface area contributed by atoms with E-state index >= 15 is 0 Å². The van der Waals surface area contributed by atoms with Gasteiger partial charge >= 0.3 is 0 Å². The van der Waals surface area contributed by atoms with Crippen molar-refractivity contribution in [3.8, 4) is 5.69 Å². The molecular formula is C12H8N4OS2. The molecule has 5 nitrogen and oxygen atoms in total. The van der Waals surface area contributed by atoms with Crippen LogP contribution in [0.4, 0.5) is 0 Å². The van der Waals surface area contributed by atoms with Crippen LogP contribution in [0.15, 0.2) is 41.8 Å². The monoisotopic (exact) mass is 288 g/mol. The molecule has 19 heavy (non-hydrogen) atoms. The van der Waals surface area contributed by atoms with Crippen molar-refractivity contribution in [3.05, 3.63) is 47.4 Å². The molecule has 3 rings (SSSR count). The number of amides is 1. The Bertz CT molecular complexity index is 679. The van der Waals surface area contributed by atoms with Gasteiger partial charge in [0.25, 0.3) is 5.91 Å². The Balaban J connectivity index is 2.05. The van der Waals surface area contributed by atoms with Gasteiger partial charge in [-0.2, -0.15) is 5.10 Å². The molecule has 1 N–H and O–H groups in total. The first-order valence-corrected chi connectivity index (χ1v) is 6.65. The molecule has 0 unspecified atom stereocenters. The summed E-state index contributed by atoms with van der Waals surface area (Å²) in [7, 11) is 0. The lowest BCUT2D eigenvalue weighted by atomic mass is 10.1. The zero-order valence-electron chi connectivity index (χ0n) is 9.61. The van der Waals surface area contributed by atoms with Crippen LogP contribution in [0.2, 0.25) is 0 Å². The fourth-order valence-electron chi connectivity index (χ4n) is 1.71. The molecule has 0 aliphatic carbocycles. The molecule has 0 saturated carbocycles. The highest BCUT2D eigenvalue weighted by atomic mass is 32.2. The zero-order valence-corrected chi connectivity index (χ0v) is 11.2. The predicted molar refractivity (Wildman–Crippen MR) is 77.7 cm³/mol. The summed E-state index contributed by atoms with van der Waals surface area (Å²) in [6.45, 7) is 0. The number of thioether (sulfide) groups is 1. The first-order chi connectivity index (χ1) is 9.24. The summed E-state index contributed by atoms with van der Waals surface area (Å²) in [5.41, 5.74) is 1.74. The molecule has 2 aromatic rings. The van der Waals surface area contributed by atoms with Gasteiger partial charge in [0.15, 0.2) is 0 Å². The van der Waals surface area contributed by atoms with Crippen molar-refractivity contribution in [1.82, 2.24) is 20.1 Å². The van der Waals surface area contributed by atoms with Gasteiger partial charge in [0.1, 0.15) is 17.0 Å². The van der Waals surface area contributed by atoms with Crippen molar-refractivity contribution >= 4 is 40.3 Å². The average molecular weight is 288 g/mol. The maximum atomic E-state index is 11.7. The van der Waals surface area contributed by atoms with Gasteiger partial charge in [-0.05, 0) is 12.1 Å². The minimum absolute atomic E-state index is 0.164. The molecule has 1 aliphatic heterocycles. The standard InChI is InChI=1S/C12H8N4OS2/c17-11-10(19-12(18)15-11)5-8-3-1-2-4-9(8)16-7-13-6-14-16/h1-7H,(H,15,17,18)/b10-5-. The first-order valence-electron chi connectivity index (χ1n) is 5.43. The van der Waals surface area contributed by atoms with Gasteiger partial charge in [-0.3, -0.25) is 4.79 Å². The number of hydrogen-bond acceptors (Lipinski definition) is 5. The third kappa shape index (κ3) is 2.42. The topological polar surface area (TPSA) is 59.8 Å². The molecule has 7 heteroatoms. The third-order valence-electron chi connectivity index (χ3n) is 2.53. The van der Waals surface area contributed by atoms with E-state index in [0.29, 0.717) is 9.23 Å². The van der Waals surface area contributed by atoms with Gasteiger partial charge in [0, 0.05) is 5.56 Å². The number of para-hydroxylation sites is 1. The number of rotatable bonds is 2. The van der Waals surface area contributed by atoms with E-state index in [1.807, 2.05) is 24.3 Å². The lowest BCUT2D eigenvalue weighted by Crippen LogP contribution is -2.17. The number of benzene rings is 1. The zero-order chi connectivity index (χ0) is 13.2. The summed E-state index contributed by atoms with van der Waals surface area (Å²) in [5, 5.41) is 6.69. The lowest BCUT2D eigenvalue weighted by molar-refractivity contribution is -0.115. The number of hydrogen-bond donors (Lipinski definition) is 1. The number of nitrogens with one attached hydrogen (secondary N) is 1. The van der Waals surface area contributed by atoms with Crippen molar-refractivity contribution in [2.45, 2.75) is 0 Å². The Morgan fingerprint density at radius 3 is 2.89 bits per heavy atom. The van der Waals surface area contributed by atoms with Gasteiger partial charge in [0.05, 0.1) is 10.6 Å². The van der Waals surface area contributed by atoms with E-state index in [2.05, 4.69) is 15.4 Å². The highest BCUT2D eigenvalue weighted by Gasteiger charge is 2.22. The molecule has 94 valence electrons. The van der Waals surface area contributed by atoms with E-state index in [-0.39, 0.29) is 5.91 Å². The maximum absolute atomic E-state index is 11.7. The van der Waals surface area contributed by atoms with Gasteiger partial charge in [0.2, 0.25) is 0 Å². The van der Waals surface area contributed by atoms with E-state index in [4.69, 9.17) is 12.2 Å². The number of thiocarbonyl (C=S) groups is 1. The van der Waals surface area contributed by atoms with Crippen molar-refractivity contribution in [3.63, 3.8) is 0 Å². The number of carbonyl (C=O) groups is 1. The van der Waals surface area contributed by atoms with Crippen molar-refractivity contribution in [1.29, 1.82) is 0 Å². The summed E-state index contributed by atoms with van der Waals surface area (Å²) >= 11 is 6.23. The number of aromatic nitrogens is 3. The van der Waals surface area contributed by atoms with Crippen LogP contribution in [0.3, 0.4) is 0 Å². The fourth-order valence-corrected chi connectivity index (χ4v) is 2.75. The van der Waals surface area contributed by atoms with Gasteiger partial charge in [-0.1, -0.05) is 42.2 Å². The van der Waals surface area contributed by atoms with E-state index < -0.39 is 0 Å². The largest absolute Gasteiger partial charge is 0.307 e. The molecule has 1 amide bonds. The summed E-state index contributed by atoms with van der Waals surface area (Å²) in [6, 6.07) is 7.64. The van der Waals surface area contributed by atoms with Crippen LogP contribution < -0.4 is 5.32 Å². The number of nitrogens with zero attached hydrogens (tertiary/aromatic N) is 3. The van der Waals surface area contributed by atoms with Crippen molar-refractivity contribution < 1.29 is 4.79 Å². The molecule has 1 aromatic heterocycles. The summed E-state index contributed by atoms with van der Waals surface area (Å²) in [4.78, 5) is 16.2. The van der Waals surface area contributed by atoms with Crippen LogP contribution in [0.25, 0.3) is 11.8 Å². The van der Waals surface area contributed by atoms with Crippen LogP contribution in [-0.2, 0) is 4.79 Å². The molecule has 0 atom stereocenters. The van der Waals surface area contributed by atoms with Crippen LogP contribution in [0, 0.1) is 0 Å². The third-order valence-corrected chi connectivity index (χ3v) is 3.69. The quantitative estimate of drug-likeness (QED) is 0.674. The minimum Gasteiger partial charge on any atom is -0.307 e.